The Labute approximate surface area is 89.6 Å². The molecule has 1 aliphatic rings. The van der Waals surface area contributed by atoms with Crippen molar-refractivity contribution in [3.63, 3.8) is 0 Å². The summed E-state index contributed by atoms with van der Waals surface area (Å²) in [6.45, 7) is 7.92. The van der Waals surface area contributed by atoms with Gasteiger partial charge in [0.25, 0.3) is 0 Å². The lowest BCUT2D eigenvalue weighted by atomic mass is 9.90. The molecule has 0 aliphatic carbocycles. The summed E-state index contributed by atoms with van der Waals surface area (Å²) < 4.78 is 36.5. The summed E-state index contributed by atoms with van der Waals surface area (Å²) in [5.41, 5.74) is 0.0865. The highest BCUT2D eigenvalue weighted by molar-refractivity contribution is 4.82. The van der Waals surface area contributed by atoms with Gasteiger partial charge in [-0.15, -0.1) is 0 Å². The van der Waals surface area contributed by atoms with Crippen molar-refractivity contribution in [3.05, 3.63) is 0 Å². The van der Waals surface area contributed by atoms with Crippen molar-refractivity contribution < 1.29 is 13.2 Å². The number of rotatable bonds is 1. The van der Waals surface area contributed by atoms with Crippen LogP contribution in [0.3, 0.4) is 0 Å². The van der Waals surface area contributed by atoms with E-state index in [1.165, 1.54) is 0 Å². The highest BCUT2D eigenvalue weighted by Gasteiger charge is 2.35. The van der Waals surface area contributed by atoms with Gasteiger partial charge in [0.2, 0.25) is 0 Å². The number of hydrogen-bond acceptors (Lipinski definition) is 1. The van der Waals surface area contributed by atoms with Gasteiger partial charge in [-0.1, -0.05) is 0 Å². The molecule has 15 heavy (non-hydrogen) atoms. The average Bonchev–Trinajstić information content (AvgIpc) is 2.00. The minimum atomic E-state index is -3.99. The minimum absolute atomic E-state index is 0.0865. The molecule has 90 valence electrons. The summed E-state index contributed by atoms with van der Waals surface area (Å²) in [5, 5.41) is 0. The Balaban J connectivity index is 2.37. The van der Waals surface area contributed by atoms with Crippen LogP contribution in [0.2, 0.25) is 0 Å². The van der Waals surface area contributed by atoms with E-state index < -0.39 is 12.6 Å². The van der Waals surface area contributed by atoms with Crippen molar-refractivity contribution in [3.8, 4) is 0 Å². The maximum Gasteiger partial charge on any atom is 0.389 e. The molecule has 4 heteroatoms. The lowest BCUT2D eigenvalue weighted by Gasteiger charge is -2.41. The topological polar surface area (TPSA) is 3.24 Å². The molecule has 0 radical (unpaired) electrons. The van der Waals surface area contributed by atoms with Crippen molar-refractivity contribution in [2.24, 2.45) is 5.92 Å². The van der Waals surface area contributed by atoms with Gasteiger partial charge in [0, 0.05) is 12.0 Å². The molecule has 1 saturated heterocycles. The molecule has 0 atom stereocenters. The van der Waals surface area contributed by atoms with Gasteiger partial charge in [-0.2, -0.15) is 13.2 Å². The van der Waals surface area contributed by atoms with Crippen molar-refractivity contribution in [2.45, 2.75) is 51.7 Å². The van der Waals surface area contributed by atoms with E-state index in [-0.39, 0.29) is 11.5 Å². The maximum atomic E-state index is 12.2. The minimum Gasteiger partial charge on any atom is -0.298 e. The Morgan fingerprint density at radius 1 is 1.07 bits per heavy atom. The van der Waals surface area contributed by atoms with E-state index in [1.54, 1.807) is 0 Å². The van der Waals surface area contributed by atoms with E-state index in [0.29, 0.717) is 12.8 Å². The third kappa shape index (κ3) is 4.41. The summed E-state index contributed by atoms with van der Waals surface area (Å²) >= 11 is 0. The summed E-state index contributed by atoms with van der Waals surface area (Å²) in [6, 6.07) is 0. The van der Waals surface area contributed by atoms with Crippen molar-refractivity contribution in [1.29, 1.82) is 0 Å². The fourth-order valence-electron chi connectivity index (χ4n) is 2.14. The van der Waals surface area contributed by atoms with E-state index in [2.05, 4.69) is 25.7 Å². The lowest BCUT2D eigenvalue weighted by molar-refractivity contribution is -0.148. The molecule has 1 rings (SSSR count). The van der Waals surface area contributed by atoms with E-state index >= 15 is 0 Å². The predicted molar refractivity (Wildman–Crippen MR) is 54.7 cm³/mol. The summed E-state index contributed by atoms with van der Waals surface area (Å²) in [5.74, 6) is -0.163. The molecule has 0 aromatic heterocycles. The van der Waals surface area contributed by atoms with Gasteiger partial charge in [-0.05, 0) is 52.6 Å². The number of halogens is 3. The van der Waals surface area contributed by atoms with Crippen LogP contribution in [0, 0.1) is 5.92 Å². The van der Waals surface area contributed by atoms with E-state index in [9.17, 15) is 13.2 Å². The number of likely N-dealkylation sites (tertiary alicyclic amines) is 1. The third-order valence-corrected chi connectivity index (χ3v) is 3.08. The first-order valence-electron chi connectivity index (χ1n) is 5.50. The molecular formula is C11H20F3N. The maximum absolute atomic E-state index is 12.2. The van der Waals surface area contributed by atoms with Gasteiger partial charge in [-0.3, -0.25) is 4.90 Å². The van der Waals surface area contributed by atoms with Crippen LogP contribution in [-0.4, -0.2) is 29.7 Å². The van der Waals surface area contributed by atoms with Crippen molar-refractivity contribution in [2.75, 3.05) is 13.1 Å². The largest absolute Gasteiger partial charge is 0.389 e. The fraction of sp³-hybridized carbons (Fsp3) is 1.00. The molecule has 1 fully saturated rings. The SMILES string of the molecule is CC(C)(C)N1CCC(CC(F)(F)F)CC1. The number of nitrogens with zero attached hydrogens (tertiary/aromatic N) is 1. The van der Waals surface area contributed by atoms with Crippen molar-refractivity contribution in [1.82, 2.24) is 4.90 Å². The van der Waals surface area contributed by atoms with E-state index in [1.807, 2.05) is 0 Å². The zero-order valence-corrected chi connectivity index (χ0v) is 9.69. The molecule has 0 saturated carbocycles. The molecule has 0 amide bonds. The molecule has 0 aromatic rings. The second kappa shape index (κ2) is 4.32. The van der Waals surface area contributed by atoms with Gasteiger partial charge >= 0.3 is 6.18 Å². The molecule has 0 spiro atoms. The molecule has 1 nitrogen and oxygen atoms in total. The van der Waals surface area contributed by atoms with Crippen LogP contribution in [0.15, 0.2) is 0 Å². The van der Waals surface area contributed by atoms with E-state index in [0.717, 1.165) is 13.1 Å². The van der Waals surface area contributed by atoms with Crippen molar-refractivity contribution >= 4 is 0 Å². The first-order valence-corrected chi connectivity index (χ1v) is 5.50. The predicted octanol–water partition coefficient (Wildman–Crippen LogP) is 3.45. The zero-order valence-electron chi connectivity index (χ0n) is 9.69. The second-order valence-electron chi connectivity index (χ2n) is 5.42. The van der Waals surface area contributed by atoms with Crippen LogP contribution in [-0.2, 0) is 0 Å². The van der Waals surface area contributed by atoms with Crippen LogP contribution in [0.1, 0.15) is 40.0 Å². The Bertz CT molecular complexity index is 197. The Morgan fingerprint density at radius 3 is 1.87 bits per heavy atom. The fourth-order valence-corrected chi connectivity index (χ4v) is 2.14. The molecule has 0 unspecified atom stereocenters. The molecule has 1 heterocycles. The van der Waals surface area contributed by atoms with Crippen LogP contribution < -0.4 is 0 Å². The number of piperidine rings is 1. The quantitative estimate of drug-likeness (QED) is 0.658. The van der Waals surface area contributed by atoms with Gasteiger partial charge < -0.3 is 0 Å². The summed E-state index contributed by atoms with van der Waals surface area (Å²) in [6.07, 6.45) is -3.24. The normalized spacial score (nSPS) is 22.0. The van der Waals surface area contributed by atoms with Crippen LogP contribution in [0.25, 0.3) is 0 Å². The van der Waals surface area contributed by atoms with Gasteiger partial charge in [0.15, 0.2) is 0 Å². The second-order valence-corrected chi connectivity index (χ2v) is 5.42. The first-order chi connectivity index (χ1) is 6.68. The molecule has 0 bridgehead atoms. The zero-order chi connectivity index (χ0) is 11.7. The van der Waals surface area contributed by atoms with Gasteiger partial charge in [0.05, 0.1) is 0 Å². The lowest BCUT2D eigenvalue weighted by Crippen LogP contribution is -2.46. The van der Waals surface area contributed by atoms with Crippen LogP contribution >= 0.6 is 0 Å². The molecule has 1 aliphatic heterocycles. The average molecular weight is 223 g/mol. The molecule has 0 N–H and O–H groups in total. The highest BCUT2D eigenvalue weighted by Crippen LogP contribution is 2.32. The van der Waals surface area contributed by atoms with Crippen LogP contribution in [0.4, 0.5) is 13.2 Å². The monoisotopic (exact) mass is 223 g/mol. The number of hydrogen-bond donors (Lipinski definition) is 0. The van der Waals surface area contributed by atoms with Gasteiger partial charge in [0.1, 0.15) is 0 Å². The number of alkyl halides is 3. The highest BCUT2D eigenvalue weighted by atomic mass is 19.4. The Kier molecular flexibility index (Phi) is 3.69. The van der Waals surface area contributed by atoms with Gasteiger partial charge in [-0.25, -0.2) is 0 Å². The molecule has 0 aromatic carbocycles. The summed E-state index contributed by atoms with van der Waals surface area (Å²) in [4.78, 5) is 2.26. The molecular weight excluding hydrogens is 203 g/mol. The standard InChI is InChI=1S/C11H20F3N/c1-10(2,3)15-6-4-9(5-7-15)8-11(12,13)14/h9H,4-8H2,1-3H3. The van der Waals surface area contributed by atoms with E-state index in [4.69, 9.17) is 0 Å². The third-order valence-electron chi connectivity index (χ3n) is 3.08. The Hall–Kier alpha value is -0.250. The Morgan fingerprint density at radius 2 is 1.53 bits per heavy atom. The van der Waals surface area contributed by atoms with Crippen LogP contribution in [0.5, 0.6) is 0 Å². The smallest absolute Gasteiger partial charge is 0.298 e. The summed E-state index contributed by atoms with van der Waals surface area (Å²) in [7, 11) is 0. The first kappa shape index (κ1) is 12.8.